The smallest absolute Gasteiger partial charge is 0.198 e. The Kier molecular flexibility index (Phi) is 5.38. The highest BCUT2D eigenvalue weighted by Gasteiger charge is 2.91. The first-order valence-corrected chi connectivity index (χ1v) is 6.04. The summed E-state index contributed by atoms with van der Waals surface area (Å²) in [6, 6.07) is 0. The third kappa shape index (κ3) is 2.72. The van der Waals surface area contributed by atoms with Gasteiger partial charge in [0.25, 0.3) is 0 Å². The molecule has 0 nitrogen and oxygen atoms in total. The molecule has 0 saturated carbocycles. The fraction of sp³-hybridized carbons (Fsp3) is 1.00. The summed E-state index contributed by atoms with van der Waals surface area (Å²) in [6.45, 7) is 0.143. The molecule has 0 aliphatic rings. The van der Waals surface area contributed by atoms with Crippen molar-refractivity contribution < 1.29 is 57.1 Å². The summed E-state index contributed by atoms with van der Waals surface area (Å²) in [5, 5.41) is 0. The number of hydrogen-bond donors (Lipinski definition) is 0. The van der Waals surface area contributed by atoms with Crippen molar-refractivity contribution in [2.45, 2.75) is 46.6 Å². The molecule has 0 heterocycles. The van der Waals surface area contributed by atoms with Crippen LogP contribution in [0.1, 0.15) is 6.92 Å². The molecular weight excluding hydrogens is 470 g/mol. The van der Waals surface area contributed by atoms with E-state index in [0.29, 0.717) is 22.6 Å². The lowest BCUT2D eigenvalue weighted by atomic mass is 9.93. The van der Waals surface area contributed by atoms with Crippen molar-refractivity contribution >= 4 is 22.6 Å². The maximum Gasteiger partial charge on any atom is 0.460 e. The Morgan fingerprint density at radius 1 is 0.545 bits per heavy atom. The van der Waals surface area contributed by atoms with E-state index >= 15 is 0 Å². The summed E-state index contributed by atoms with van der Waals surface area (Å²) in [6.07, 6.45) is -7.37. The Morgan fingerprint density at radius 3 is 1.05 bits per heavy atom. The van der Waals surface area contributed by atoms with Crippen molar-refractivity contribution in [2.24, 2.45) is 0 Å². The van der Waals surface area contributed by atoms with Gasteiger partial charge in [0.15, 0.2) is 0 Å². The lowest BCUT2D eigenvalue weighted by molar-refractivity contribution is -0.439. The summed E-state index contributed by atoms with van der Waals surface area (Å²) in [4.78, 5) is 0. The molecule has 0 rings (SSSR count). The number of alkyl halides is 14. The first-order chi connectivity index (χ1) is 9.19. The molecule has 0 radical (unpaired) electrons. The van der Waals surface area contributed by atoms with Gasteiger partial charge in [-0.25, -0.2) is 0 Å². The highest BCUT2D eigenvalue weighted by atomic mass is 127. The molecule has 22 heavy (non-hydrogen) atoms. The van der Waals surface area contributed by atoms with Crippen molar-refractivity contribution in [3.05, 3.63) is 0 Å². The molecule has 0 bridgehead atoms. The van der Waals surface area contributed by atoms with Crippen molar-refractivity contribution in [2.75, 3.05) is 0 Å². The summed E-state index contributed by atoms with van der Waals surface area (Å²) < 4.78 is 160. The number of halogens is 14. The minimum atomic E-state index is -7.82. The Hall–Kier alpha value is -0.180. The first-order valence-electron chi connectivity index (χ1n) is 4.79. The van der Waals surface area contributed by atoms with Crippen LogP contribution in [0, 0.1) is 0 Å². The lowest BCUT2D eigenvalue weighted by Gasteiger charge is -2.40. The van der Waals surface area contributed by atoms with E-state index in [1.165, 1.54) is 0 Å². The lowest BCUT2D eigenvalue weighted by Crippen LogP contribution is -2.71. The number of hydrogen-bond acceptors (Lipinski definition) is 0. The van der Waals surface area contributed by atoms with E-state index in [0.717, 1.165) is 0 Å². The summed E-state index contributed by atoms with van der Waals surface area (Å²) in [7, 11) is 0. The molecule has 0 fully saturated rings. The Balaban J connectivity index is 6.24. The largest absolute Gasteiger partial charge is 0.460 e. The van der Waals surface area contributed by atoms with E-state index in [1.807, 2.05) is 0 Å². The van der Waals surface area contributed by atoms with Gasteiger partial charge in [0.1, 0.15) is 0 Å². The molecular formula is C8H4F13I. The second-order valence-electron chi connectivity index (χ2n) is 4.03. The van der Waals surface area contributed by atoms with Crippen LogP contribution < -0.4 is 0 Å². The topological polar surface area (TPSA) is 0 Å². The van der Waals surface area contributed by atoms with Gasteiger partial charge in [-0.05, 0) is 6.92 Å². The van der Waals surface area contributed by atoms with Gasteiger partial charge in [-0.3, -0.25) is 0 Å². The van der Waals surface area contributed by atoms with Crippen molar-refractivity contribution in [3.8, 4) is 0 Å². The summed E-state index contributed by atoms with van der Waals surface area (Å²) in [5.41, 5.74) is 0. The van der Waals surface area contributed by atoms with Gasteiger partial charge in [0.05, 0.1) is 3.92 Å². The molecule has 0 aromatic rings. The van der Waals surface area contributed by atoms with E-state index in [-0.39, 0.29) is 6.92 Å². The second-order valence-corrected chi connectivity index (χ2v) is 5.90. The molecule has 0 saturated heterocycles. The molecule has 0 aromatic heterocycles. The molecule has 1 unspecified atom stereocenters. The van der Waals surface area contributed by atoms with Crippen LogP contribution in [-0.2, 0) is 0 Å². The van der Waals surface area contributed by atoms with E-state index < -0.39 is 39.7 Å². The van der Waals surface area contributed by atoms with Crippen molar-refractivity contribution in [1.29, 1.82) is 0 Å². The minimum absolute atomic E-state index is 0.143. The maximum absolute atomic E-state index is 13.0. The van der Waals surface area contributed by atoms with Crippen molar-refractivity contribution in [1.82, 2.24) is 0 Å². The van der Waals surface area contributed by atoms with Crippen molar-refractivity contribution in [3.63, 3.8) is 0 Å². The van der Waals surface area contributed by atoms with Crippen LogP contribution in [0.4, 0.5) is 57.1 Å². The van der Waals surface area contributed by atoms with Crippen LogP contribution in [0.15, 0.2) is 0 Å². The van der Waals surface area contributed by atoms with Gasteiger partial charge >= 0.3 is 35.8 Å². The molecule has 14 heteroatoms. The monoisotopic (exact) mass is 474 g/mol. The van der Waals surface area contributed by atoms with Gasteiger partial charge < -0.3 is 0 Å². The molecule has 1 atom stereocenters. The molecule has 0 N–H and O–H groups in total. The van der Waals surface area contributed by atoms with E-state index in [2.05, 4.69) is 0 Å². The predicted octanol–water partition coefficient (Wildman–Crippen LogP) is 5.55. The van der Waals surface area contributed by atoms with Crippen LogP contribution in [0.3, 0.4) is 0 Å². The number of rotatable bonds is 5. The maximum atomic E-state index is 13.0. The Bertz CT molecular complexity index is 407. The minimum Gasteiger partial charge on any atom is -0.198 e. The molecule has 0 aromatic carbocycles. The Morgan fingerprint density at radius 2 is 0.818 bits per heavy atom. The summed E-state index contributed by atoms with van der Waals surface area (Å²) >= 11 is 0.398. The van der Waals surface area contributed by atoms with Gasteiger partial charge in [-0.1, -0.05) is 22.6 Å². The SMILES string of the molecule is CC(I)C(F)(F)C(F)(F)C(F)(F)C(F)(F)C(F)(F)C(F)(F)F. The third-order valence-electron chi connectivity index (χ3n) is 2.46. The fourth-order valence-corrected chi connectivity index (χ4v) is 1.42. The molecule has 134 valence electrons. The van der Waals surface area contributed by atoms with Gasteiger partial charge in [0.2, 0.25) is 0 Å². The van der Waals surface area contributed by atoms with E-state index in [4.69, 9.17) is 0 Å². The van der Waals surface area contributed by atoms with Gasteiger partial charge in [-0.15, -0.1) is 0 Å². The molecule has 0 amide bonds. The van der Waals surface area contributed by atoms with Crippen LogP contribution >= 0.6 is 22.6 Å². The normalized spacial score (nSPS) is 17.6. The highest BCUT2D eigenvalue weighted by molar-refractivity contribution is 14.1. The first kappa shape index (κ1) is 21.8. The van der Waals surface area contributed by atoms with E-state index in [9.17, 15) is 57.1 Å². The molecule has 0 aliphatic heterocycles. The highest BCUT2D eigenvalue weighted by Crippen LogP contribution is 2.61. The van der Waals surface area contributed by atoms with Gasteiger partial charge in [-0.2, -0.15) is 57.1 Å². The Labute approximate surface area is 127 Å². The fourth-order valence-electron chi connectivity index (χ4n) is 1.03. The van der Waals surface area contributed by atoms with Crippen LogP contribution in [0.25, 0.3) is 0 Å². The third-order valence-corrected chi connectivity index (χ3v) is 3.24. The molecule has 0 spiro atoms. The zero-order valence-electron chi connectivity index (χ0n) is 9.87. The van der Waals surface area contributed by atoms with E-state index in [1.54, 1.807) is 0 Å². The molecule has 0 aliphatic carbocycles. The average molecular weight is 474 g/mol. The second kappa shape index (κ2) is 5.43. The summed E-state index contributed by atoms with van der Waals surface area (Å²) in [5.74, 6) is -36.4. The standard InChI is InChI=1S/C8H4F13I/c1-2(22)3(9,10)4(11,12)5(13,14)6(15,16)7(17,18)8(19,20)21/h2H,1H3. The van der Waals surface area contributed by atoms with Crippen LogP contribution in [0.2, 0.25) is 0 Å². The van der Waals surface area contributed by atoms with Crippen LogP contribution in [-0.4, -0.2) is 39.7 Å². The predicted molar refractivity (Wildman–Crippen MR) is 54.3 cm³/mol. The van der Waals surface area contributed by atoms with Gasteiger partial charge in [0, 0.05) is 0 Å². The quantitative estimate of drug-likeness (QED) is 0.279. The average Bonchev–Trinajstić information content (AvgIpc) is 2.25. The van der Waals surface area contributed by atoms with Crippen LogP contribution in [0.5, 0.6) is 0 Å². The zero-order valence-corrected chi connectivity index (χ0v) is 12.0. The zero-order chi connectivity index (χ0) is 18.6.